The fourth-order valence-corrected chi connectivity index (χ4v) is 15.9. The van der Waals surface area contributed by atoms with Crippen LogP contribution < -0.4 is 0 Å². The summed E-state index contributed by atoms with van der Waals surface area (Å²) in [6, 6.07) is 93.8. The molecule has 20 atom stereocenters. The second-order valence-corrected chi connectivity index (χ2v) is 31.7. The van der Waals surface area contributed by atoms with Gasteiger partial charge in [-0.2, -0.15) is 0 Å². The third kappa shape index (κ3) is 26.1. The highest BCUT2D eigenvalue weighted by atomic mass is 16.8. The van der Waals surface area contributed by atoms with Gasteiger partial charge in [-0.25, -0.2) is 24.0 Å². The van der Waals surface area contributed by atoms with E-state index < -0.39 is 185 Å². The summed E-state index contributed by atoms with van der Waals surface area (Å²) in [4.78, 5) is 92.5. The number of ether oxygens (including phenoxy) is 20. The van der Waals surface area contributed by atoms with E-state index in [4.69, 9.17) is 94.7 Å². The number of carbonyl (C=O) groups is 6. The van der Waals surface area contributed by atoms with E-state index in [-0.39, 0.29) is 67.5 Å². The van der Waals surface area contributed by atoms with Crippen LogP contribution in [0.5, 0.6) is 0 Å². The third-order valence-electron chi connectivity index (χ3n) is 22.5. The second kappa shape index (κ2) is 48.4. The molecule has 4 fully saturated rings. The first-order chi connectivity index (χ1) is 65.3. The van der Waals surface area contributed by atoms with E-state index in [1.54, 1.807) is 115 Å². The van der Waals surface area contributed by atoms with Crippen LogP contribution in [-0.2, 0) is 139 Å². The number of carbonyl (C=O) groups excluding carboxylic acids is 6. The van der Waals surface area contributed by atoms with Gasteiger partial charge < -0.3 is 94.7 Å². The summed E-state index contributed by atoms with van der Waals surface area (Å²) >= 11 is 0. The van der Waals surface area contributed by atoms with Crippen molar-refractivity contribution in [3.8, 4) is 0 Å². The van der Waals surface area contributed by atoms with Crippen molar-refractivity contribution < 1.29 is 124 Å². The number of methoxy groups -OCH3 is 1. The van der Waals surface area contributed by atoms with Crippen LogP contribution in [0.1, 0.15) is 92.1 Å². The standard InChI is InChI=1S/C104H101N3O26/c1-68(108)116-65-81-86(118-60-71-40-18-5-19-41-71)91(129-98(111)77-52-30-11-31-53-77)94(121-63-74-46-24-8-25-47-74)103(126-81)132-87-80(64-115-58-69-36-14-3-15-37-69)124-101(114-2)84(106-107-105)89(87)133-104-95(131-100(113)79-56-34-13-35-57-79)92(130-99(112)78-54-32-12-33-55-78)88(128-97(110)76-50-28-10-29-51-76)83(127-104)67-123-102-93(120-62-73-44-22-7-23-45-73)90(119-61-72-42-20-6-21-43-72)85(117-59-70-38-16-4-17-39-70)82(125-102)66-122-96(109)75-48-26-9-27-49-75/h3-57,80-95,101-104H,58-67H2,1-2H3/t80-,81-,82-,83-,84-,85-,86-,87+,88-,89-,90+,91+,92+,93-,94-,95-,101+,102+,103-,104+/m1/s1. The van der Waals surface area contributed by atoms with Crippen LogP contribution in [0.2, 0.25) is 0 Å². The van der Waals surface area contributed by atoms with Crippen LogP contribution in [0.25, 0.3) is 10.4 Å². The lowest BCUT2D eigenvalue weighted by molar-refractivity contribution is -0.379. The van der Waals surface area contributed by atoms with Crippen LogP contribution in [0.4, 0.5) is 0 Å². The van der Waals surface area contributed by atoms with Crippen molar-refractivity contribution in [2.75, 3.05) is 33.5 Å². The van der Waals surface area contributed by atoms with Crippen molar-refractivity contribution in [1.29, 1.82) is 0 Å². The van der Waals surface area contributed by atoms with Gasteiger partial charge in [0.1, 0.15) is 86.4 Å². The molecule has 0 spiro atoms. The first-order valence-electron chi connectivity index (χ1n) is 43.7. The maximum atomic E-state index is 15.6. The van der Waals surface area contributed by atoms with Gasteiger partial charge >= 0.3 is 35.8 Å². The van der Waals surface area contributed by atoms with E-state index in [1.165, 1.54) is 50.4 Å². The van der Waals surface area contributed by atoms with Crippen molar-refractivity contribution in [1.82, 2.24) is 0 Å². The van der Waals surface area contributed by atoms with E-state index in [0.29, 0.717) is 11.1 Å². The molecule has 0 unspecified atom stereocenters. The third-order valence-corrected chi connectivity index (χ3v) is 22.5. The molecule has 29 heteroatoms. The van der Waals surface area contributed by atoms with E-state index in [1.807, 2.05) is 182 Å². The number of hydrogen-bond acceptors (Lipinski definition) is 27. The summed E-state index contributed by atoms with van der Waals surface area (Å²) in [6.45, 7) is -1.43. The zero-order chi connectivity index (χ0) is 91.9. The van der Waals surface area contributed by atoms with Crippen molar-refractivity contribution in [2.24, 2.45) is 5.11 Å². The summed E-state index contributed by atoms with van der Waals surface area (Å²) in [5.74, 6) is -5.33. The Morgan fingerprint density at radius 2 is 0.564 bits per heavy atom. The molecule has 11 aromatic carbocycles. The molecule has 0 radical (unpaired) electrons. The van der Waals surface area contributed by atoms with Gasteiger partial charge in [0.25, 0.3) is 0 Å². The Balaban J connectivity index is 0.893. The van der Waals surface area contributed by atoms with Crippen LogP contribution in [0, 0.1) is 0 Å². The predicted molar refractivity (Wildman–Crippen MR) is 477 cm³/mol. The molecule has 133 heavy (non-hydrogen) atoms. The van der Waals surface area contributed by atoms with Gasteiger partial charge in [-0.1, -0.05) is 278 Å². The number of nitrogens with zero attached hydrogens (tertiary/aromatic N) is 3. The van der Waals surface area contributed by atoms with E-state index in [9.17, 15) is 15.1 Å². The minimum Gasteiger partial charge on any atom is -0.463 e. The van der Waals surface area contributed by atoms with Crippen LogP contribution in [0.3, 0.4) is 0 Å². The van der Waals surface area contributed by atoms with Crippen molar-refractivity contribution >= 4 is 35.8 Å². The van der Waals surface area contributed by atoms with Crippen molar-refractivity contribution in [3.05, 3.63) is 405 Å². The number of benzene rings is 11. The molecular formula is C104H101N3O26. The highest BCUT2D eigenvalue weighted by molar-refractivity contribution is 5.92. The number of hydrogen-bond donors (Lipinski definition) is 0. The molecule has 29 nitrogen and oxygen atoms in total. The minimum atomic E-state index is -2.18. The SMILES string of the molecule is CO[C@H]1O[C@H](COCc2ccccc2)[C@H](O[C@H]2O[C@H](COC(C)=O)[C@@H](OCc3ccccc3)[C@H](OC(=O)c3ccccc3)[C@H]2OCc2ccccc2)[C@H](O[C@@H]2O[C@H](CO[C@H]3O[C@H](COC(=O)c4ccccc4)[C@@H](OCc4ccccc4)[C@H](OCc4ccccc4)[C@H]3OCc3ccccc3)[C@@H](OC(=O)c3ccccc3)[C@H](OC(=O)c3ccccc3)[C@H]2OC(=O)c2ccccc2)[C@H]1N=[N+]=[N-]. The Labute approximate surface area is 768 Å². The predicted octanol–water partition coefficient (Wildman–Crippen LogP) is 15.5. The van der Waals surface area contributed by atoms with Gasteiger partial charge in [0.15, 0.2) is 49.6 Å². The maximum Gasteiger partial charge on any atom is 0.338 e. The number of rotatable bonds is 41. The Hall–Kier alpha value is -13.0. The van der Waals surface area contributed by atoms with E-state index in [0.717, 1.165) is 22.3 Å². The largest absolute Gasteiger partial charge is 0.463 e. The average molecular weight is 1810 g/mol. The average Bonchev–Trinajstić information content (AvgIpc) is 0.754. The van der Waals surface area contributed by atoms with Crippen LogP contribution >= 0.6 is 0 Å². The molecule has 0 N–H and O–H groups in total. The highest BCUT2D eigenvalue weighted by Crippen LogP contribution is 2.42. The van der Waals surface area contributed by atoms with Crippen molar-refractivity contribution in [3.63, 3.8) is 0 Å². The molecule has 4 saturated heterocycles. The second-order valence-electron chi connectivity index (χ2n) is 31.7. The molecule has 11 aromatic rings. The normalized spacial score (nSPS) is 25.0. The molecule has 0 saturated carbocycles. The maximum absolute atomic E-state index is 15.6. The van der Waals surface area contributed by atoms with Gasteiger partial charge in [0.2, 0.25) is 0 Å². The molecule has 4 aliphatic heterocycles. The number of esters is 6. The van der Waals surface area contributed by atoms with E-state index in [2.05, 4.69) is 10.0 Å². The zero-order valence-corrected chi connectivity index (χ0v) is 72.8. The monoisotopic (exact) mass is 1810 g/mol. The lowest BCUT2D eigenvalue weighted by Gasteiger charge is -2.51. The quantitative estimate of drug-likeness (QED) is 0.0113. The molecule has 4 heterocycles. The molecule has 4 aliphatic rings. The molecule has 15 rings (SSSR count). The highest BCUT2D eigenvalue weighted by Gasteiger charge is 2.60. The summed E-state index contributed by atoms with van der Waals surface area (Å²) < 4.78 is 138. The minimum absolute atomic E-state index is 0.000650. The van der Waals surface area contributed by atoms with Crippen LogP contribution in [0.15, 0.2) is 339 Å². The first-order valence-corrected chi connectivity index (χ1v) is 43.7. The van der Waals surface area contributed by atoms with Gasteiger partial charge in [-0.05, 0) is 99.6 Å². The van der Waals surface area contributed by atoms with Gasteiger partial charge in [-0.15, -0.1) is 0 Å². The Bertz CT molecular complexity index is 5490. The molecule has 0 bridgehead atoms. The fraction of sp³-hybridized carbons (Fsp3) is 0.308. The summed E-state index contributed by atoms with van der Waals surface area (Å²) in [7, 11) is 1.29. The Morgan fingerprint density at radius 3 is 0.955 bits per heavy atom. The summed E-state index contributed by atoms with van der Waals surface area (Å²) in [5.41, 5.74) is 15.7. The smallest absolute Gasteiger partial charge is 0.338 e. The number of azide groups is 1. The fourth-order valence-electron chi connectivity index (χ4n) is 15.9. The van der Waals surface area contributed by atoms with Gasteiger partial charge in [0.05, 0.1) is 80.7 Å². The molecular weight excluding hydrogens is 1710 g/mol. The zero-order valence-electron chi connectivity index (χ0n) is 72.8. The van der Waals surface area contributed by atoms with Crippen LogP contribution in [-0.4, -0.2) is 192 Å². The lowest BCUT2D eigenvalue weighted by Crippen LogP contribution is -2.68. The van der Waals surface area contributed by atoms with Gasteiger partial charge in [0, 0.05) is 18.9 Å². The topological polar surface area (TPSA) is 336 Å². The van der Waals surface area contributed by atoms with E-state index >= 15 is 19.2 Å². The molecule has 0 aliphatic carbocycles. The summed E-state index contributed by atoms with van der Waals surface area (Å²) in [5, 5.41) is 4.36. The Kier molecular flexibility index (Phi) is 34.4. The molecule has 0 amide bonds. The van der Waals surface area contributed by atoms with Gasteiger partial charge in [-0.3, -0.25) is 4.79 Å². The molecule has 0 aromatic heterocycles. The molecule has 688 valence electrons. The Morgan fingerprint density at radius 1 is 0.278 bits per heavy atom. The first kappa shape index (κ1) is 94.6. The van der Waals surface area contributed by atoms with Crippen molar-refractivity contribution in [2.45, 2.75) is 169 Å². The lowest BCUT2D eigenvalue weighted by atomic mass is 9.94. The summed E-state index contributed by atoms with van der Waals surface area (Å²) in [6.07, 6.45) is -31.0.